The third kappa shape index (κ3) is 6.32. The highest BCUT2D eigenvalue weighted by atomic mass is 16.2. The summed E-state index contributed by atoms with van der Waals surface area (Å²) in [6.45, 7) is 4.91. The minimum Gasteiger partial charge on any atom is -0.343 e. The molecule has 0 atom stereocenters. The topological polar surface area (TPSA) is 35.6 Å². The molecule has 1 amide bonds. The van der Waals surface area contributed by atoms with E-state index in [9.17, 15) is 4.79 Å². The molecule has 1 aromatic carbocycles. The van der Waals surface area contributed by atoms with Gasteiger partial charge in [-0.1, -0.05) is 30.3 Å². The summed E-state index contributed by atoms with van der Waals surface area (Å²) in [4.78, 5) is 16.6. The van der Waals surface area contributed by atoms with Crippen LogP contribution >= 0.6 is 0 Å². The smallest absolute Gasteiger partial charge is 0.222 e. The average molecular weight is 317 g/mol. The fraction of sp³-hybridized carbons (Fsp3) is 0.632. The van der Waals surface area contributed by atoms with E-state index in [4.69, 9.17) is 0 Å². The van der Waals surface area contributed by atoms with E-state index in [1.807, 2.05) is 7.05 Å². The van der Waals surface area contributed by atoms with Crippen molar-refractivity contribution in [1.29, 1.82) is 0 Å². The molecule has 1 heterocycles. The monoisotopic (exact) mass is 317 g/mol. The highest BCUT2D eigenvalue weighted by Gasteiger charge is 2.23. The molecule has 4 heteroatoms. The second-order valence-electron chi connectivity index (χ2n) is 6.71. The van der Waals surface area contributed by atoms with Gasteiger partial charge >= 0.3 is 0 Å². The lowest BCUT2D eigenvalue weighted by Crippen LogP contribution is -2.41. The van der Waals surface area contributed by atoms with E-state index in [2.05, 4.69) is 52.5 Å². The van der Waals surface area contributed by atoms with Crippen molar-refractivity contribution in [2.45, 2.75) is 32.2 Å². The van der Waals surface area contributed by atoms with Crippen LogP contribution in [0.15, 0.2) is 30.3 Å². The van der Waals surface area contributed by atoms with Crippen molar-refractivity contribution >= 4 is 5.91 Å². The van der Waals surface area contributed by atoms with Crippen LogP contribution in [-0.2, 0) is 11.3 Å². The summed E-state index contributed by atoms with van der Waals surface area (Å²) in [5.41, 5.74) is 1.37. The molecule has 0 saturated carbocycles. The van der Waals surface area contributed by atoms with Gasteiger partial charge in [-0.15, -0.1) is 0 Å². The SMILES string of the molecule is CNCCCC(=O)N1CCC(CN(C)Cc2ccccc2)CC1. The van der Waals surface area contributed by atoms with Crippen LogP contribution in [0.5, 0.6) is 0 Å². The number of amides is 1. The standard InChI is InChI=1S/C19H31N3O/c1-20-12-6-9-19(23)22-13-10-18(11-14-22)16-21(2)15-17-7-4-3-5-8-17/h3-5,7-8,18,20H,6,9-16H2,1-2H3. The van der Waals surface area contributed by atoms with Gasteiger partial charge in [0.05, 0.1) is 0 Å². The predicted molar refractivity (Wildman–Crippen MR) is 95.2 cm³/mol. The molecule has 1 N–H and O–H groups in total. The molecule has 1 saturated heterocycles. The van der Waals surface area contributed by atoms with Gasteiger partial charge in [0.1, 0.15) is 0 Å². The summed E-state index contributed by atoms with van der Waals surface area (Å²) >= 11 is 0. The number of hydrogen-bond acceptors (Lipinski definition) is 3. The molecule has 1 aromatic rings. The molecule has 4 nitrogen and oxygen atoms in total. The maximum atomic E-state index is 12.1. The maximum Gasteiger partial charge on any atom is 0.222 e. The fourth-order valence-electron chi connectivity index (χ4n) is 3.34. The second kappa shape index (κ2) is 9.68. The highest BCUT2D eigenvalue weighted by molar-refractivity contribution is 5.76. The predicted octanol–water partition coefficient (Wildman–Crippen LogP) is 2.36. The minimum atomic E-state index is 0.330. The van der Waals surface area contributed by atoms with E-state index in [-0.39, 0.29) is 0 Å². The first-order valence-corrected chi connectivity index (χ1v) is 8.84. The molecule has 0 bridgehead atoms. The van der Waals surface area contributed by atoms with Crippen LogP contribution in [0.2, 0.25) is 0 Å². The van der Waals surface area contributed by atoms with Gasteiger partial charge in [0.15, 0.2) is 0 Å². The van der Waals surface area contributed by atoms with Crippen molar-refractivity contribution in [3.63, 3.8) is 0 Å². The Balaban J connectivity index is 1.67. The van der Waals surface area contributed by atoms with Crippen molar-refractivity contribution in [3.05, 3.63) is 35.9 Å². The van der Waals surface area contributed by atoms with Crippen molar-refractivity contribution < 1.29 is 4.79 Å². The van der Waals surface area contributed by atoms with Gasteiger partial charge in [-0.3, -0.25) is 4.79 Å². The number of hydrogen-bond donors (Lipinski definition) is 1. The van der Waals surface area contributed by atoms with Crippen LogP contribution in [0.4, 0.5) is 0 Å². The molecule has 0 unspecified atom stereocenters. The molecule has 0 radical (unpaired) electrons. The summed E-state index contributed by atoms with van der Waals surface area (Å²) in [5.74, 6) is 1.04. The zero-order valence-electron chi connectivity index (χ0n) is 14.6. The first-order valence-electron chi connectivity index (χ1n) is 8.84. The summed E-state index contributed by atoms with van der Waals surface area (Å²) in [7, 11) is 4.13. The Bertz CT molecular complexity index is 455. The van der Waals surface area contributed by atoms with Crippen LogP contribution in [0, 0.1) is 5.92 Å². The molecule has 128 valence electrons. The molecule has 0 spiro atoms. The molecule has 23 heavy (non-hydrogen) atoms. The Morgan fingerprint density at radius 1 is 1.26 bits per heavy atom. The lowest BCUT2D eigenvalue weighted by atomic mass is 9.96. The molecule has 0 aliphatic carbocycles. The number of carbonyl (C=O) groups excluding carboxylic acids is 1. The van der Waals surface area contributed by atoms with Crippen LogP contribution in [0.1, 0.15) is 31.2 Å². The van der Waals surface area contributed by atoms with Crippen molar-refractivity contribution in [3.8, 4) is 0 Å². The van der Waals surface area contributed by atoms with Gasteiger partial charge in [-0.05, 0) is 51.4 Å². The van der Waals surface area contributed by atoms with Gasteiger partial charge in [0.25, 0.3) is 0 Å². The third-order valence-corrected chi connectivity index (χ3v) is 4.65. The van der Waals surface area contributed by atoms with Gasteiger partial charge < -0.3 is 15.1 Å². The maximum absolute atomic E-state index is 12.1. The largest absolute Gasteiger partial charge is 0.343 e. The first kappa shape index (κ1) is 18.0. The zero-order valence-corrected chi connectivity index (χ0v) is 14.6. The van der Waals surface area contributed by atoms with Crippen LogP contribution in [-0.4, -0.2) is 56.0 Å². The average Bonchev–Trinajstić information content (AvgIpc) is 2.56. The number of carbonyl (C=O) groups is 1. The fourth-order valence-corrected chi connectivity index (χ4v) is 3.34. The minimum absolute atomic E-state index is 0.330. The van der Waals surface area contributed by atoms with Crippen LogP contribution in [0.25, 0.3) is 0 Å². The lowest BCUT2D eigenvalue weighted by Gasteiger charge is -2.34. The highest BCUT2D eigenvalue weighted by Crippen LogP contribution is 2.19. The number of rotatable bonds is 8. The normalized spacial score (nSPS) is 16.0. The summed E-state index contributed by atoms with van der Waals surface area (Å²) in [6.07, 6.45) is 3.89. The van der Waals surface area contributed by atoms with E-state index in [1.54, 1.807) is 0 Å². The second-order valence-corrected chi connectivity index (χ2v) is 6.71. The van der Waals surface area contributed by atoms with Gasteiger partial charge in [-0.25, -0.2) is 0 Å². The molecular weight excluding hydrogens is 286 g/mol. The quantitative estimate of drug-likeness (QED) is 0.748. The van der Waals surface area contributed by atoms with Crippen LogP contribution < -0.4 is 5.32 Å². The van der Waals surface area contributed by atoms with Gasteiger partial charge in [0.2, 0.25) is 5.91 Å². The van der Waals surface area contributed by atoms with E-state index in [0.29, 0.717) is 18.2 Å². The van der Waals surface area contributed by atoms with Gasteiger partial charge in [0, 0.05) is 32.6 Å². The Hall–Kier alpha value is -1.39. The summed E-state index contributed by atoms with van der Waals surface area (Å²) in [5, 5.41) is 3.10. The molecule has 2 rings (SSSR count). The molecular formula is C19H31N3O. The third-order valence-electron chi connectivity index (χ3n) is 4.65. The Morgan fingerprint density at radius 3 is 2.61 bits per heavy atom. The summed E-state index contributed by atoms with van der Waals surface area (Å²) < 4.78 is 0. The number of nitrogens with zero attached hydrogens (tertiary/aromatic N) is 2. The van der Waals surface area contributed by atoms with E-state index < -0.39 is 0 Å². The van der Waals surface area contributed by atoms with Crippen molar-refractivity contribution in [2.24, 2.45) is 5.92 Å². The molecule has 1 aliphatic heterocycles. The van der Waals surface area contributed by atoms with Crippen molar-refractivity contribution in [1.82, 2.24) is 15.1 Å². The number of nitrogens with one attached hydrogen (secondary N) is 1. The van der Waals surface area contributed by atoms with Crippen LogP contribution in [0.3, 0.4) is 0 Å². The lowest BCUT2D eigenvalue weighted by molar-refractivity contribution is -0.132. The van der Waals surface area contributed by atoms with Crippen molar-refractivity contribution in [2.75, 3.05) is 40.3 Å². The van der Waals surface area contributed by atoms with E-state index in [0.717, 1.165) is 52.0 Å². The Morgan fingerprint density at radius 2 is 1.96 bits per heavy atom. The van der Waals surface area contributed by atoms with E-state index >= 15 is 0 Å². The Labute approximate surface area is 140 Å². The number of piperidine rings is 1. The zero-order chi connectivity index (χ0) is 16.5. The van der Waals surface area contributed by atoms with Gasteiger partial charge in [-0.2, -0.15) is 0 Å². The van der Waals surface area contributed by atoms with E-state index in [1.165, 1.54) is 5.56 Å². The molecule has 1 fully saturated rings. The first-order chi connectivity index (χ1) is 11.2. The molecule has 0 aromatic heterocycles. The molecule has 1 aliphatic rings. The number of likely N-dealkylation sites (tertiary alicyclic amines) is 1. The Kier molecular flexibility index (Phi) is 7.56. The number of benzene rings is 1. The summed E-state index contributed by atoms with van der Waals surface area (Å²) in [6, 6.07) is 10.6.